The summed E-state index contributed by atoms with van der Waals surface area (Å²) in [5.74, 6) is 0. The summed E-state index contributed by atoms with van der Waals surface area (Å²) in [7, 11) is -16.3. The van der Waals surface area contributed by atoms with Crippen molar-refractivity contribution in [2.24, 2.45) is 0 Å². The van der Waals surface area contributed by atoms with Crippen molar-refractivity contribution < 1.29 is 48.5 Å². The number of benzene rings is 2. The minimum atomic E-state index is -5.57. The van der Waals surface area contributed by atoms with Gasteiger partial charge in [0.1, 0.15) is 14.7 Å². The highest BCUT2D eigenvalue weighted by molar-refractivity contribution is 7.89. The summed E-state index contributed by atoms with van der Waals surface area (Å²) in [4.78, 5) is 18.1. The monoisotopic (exact) mass is 424 g/mol. The second-order valence-corrected chi connectivity index (χ2v) is 8.93. The minimum Gasteiger partial charge on any atom is -0.298 e. The summed E-state index contributed by atoms with van der Waals surface area (Å²) in [6.07, 6.45) is -0.344. The molecule has 0 unspecified atom stereocenters. The van der Waals surface area contributed by atoms with Gasteiger partial charge in [0.2, 0.25) is 0 Å². The van der Waals surface area contributed by atoms with E-state index in [-0.39, 0.29) is 12.6 Å². The molecule has 2 aromatic rings. The van der Waals surface area contributed by atoms with Crippen molar-refractivity contribution in [2.75, 3.05) is 0 Å². The highest BCUT2D eigenvalue weighted by atomic mass is 32.2. The van der Waals surface area contributed by atoms with Gasteiger partial charge in [-0.3, -0.25) is 23.2 Å². The maximum Gasteiger partial charge on any atom is 0.296 e. The number of carbonyl (C=O) groups excluding carboxylic acids is 2. The van der Waals surface area contributed by atoms with E-state index in [2.05, 4.69) is 0 Å². The average Bonchev–Trinajstić information content (AvgIpc) is 2.48. The highest BCUT2D eigenvalue weighted by Gasteiger charge is 2.35. The van der Waals surface area contributed by atoms with Crippen LogP contribution in [0.15, 0.2) is 32.9 Å². The topological polar surface area (TPSA) is 197 Å². The van der Waals surface area contributed by atoms with Gasteiger partial charge in [-0.1, -0.05) is 12.1 Å². The lowest BCUT2D eigenvalue weighted by atomic mass is 10.00. The summed E-state index contributed by atoms with van der Waals surface area (Å²) in [6, 6.07) is 2.58. The van der Waals surface area contributed by atoms with Crippen LogP contribution in [0.2, 0.25) is 0 Å². The van der Waals surface area contributed by atoms with Crippen LogP contribution >= 0.6 is 0 Å². The molecule has 14 heteroatoms. The Morgan fingerprint density at radius 3 is 1.58 bits per heavy atom. The van der Waals surface area contributed by atoms with Crippen molar-refractivity contribution in [2.45, 2.75) is 14.7 Å². The lowest BCUT2D eigenvalue weighted by Crippen LogP contribution is -2.16. The molecule has 0 saturated carbocycles. The lowest BCUT2D eigenvalue weighted by molar-refractivity contribution is 0.109. The van der Waals surface area contributed by atoms with Gasteiger partial charge in [0, 0.05) is 16.5 Å². The molecule has 0 amide bonds. The quantitative estimate of drug-likeness (QED) is 0.438. The minimum absolute atomic E-state index is 0.0811. The van der Waals surface area contributed by atoms with Crippen molar-refractivity contribution in [3.63, 3.8) is 0 Å². The Morgan fingerprint density at radius 2 is 1.19 bits per heavy atom. The van der Waals surface area contributed by atoms with Crippen LogP contribution in [0.25, 0.3) is 10.8 Å². The van der Waals surface area contributed by atoms with Gasteiger partial charge in [0.15, 0.2) is 12.6 Å². The third-order valence-electron chi connectivity index (χ3n) is 3.31. The molecule has 3 N–H and O–H groups in total. The van der Waals surface area contributed by atoms with E-state index in [4.69, 9.17) is 0 Å². The molecule has 0 saturated heterocycles. The van der Waals surface area contributed by atoms with Crippen molar-refractivity contribution >= 4 is 53.7 Å². The van der Waals surface area contributed by atoms with E-state index < -0.39 is 66.9 Å². The maximum absolute atomic E-state index is 11.8. The van der Waals surface area contributed by atoms with Crippen LogP contribution in [0.1, 0.15) is 20.7 Å². The largest absolute Gasteiger partial charge is 0.298 e. The lowest BCUT2D eigenvalue weighted by Gasteiger charge is -2.15. The summed E-state index contributed by atoms with van der Waals surface area (Å²) in [5, 5.41) is -1.66. The summed E-state index contributed by atoms with van der Waals surface area (Å²) >= 11 is 0. The summed E-state index contributed by atoms with van der Waals surface area (Å²) in [6.45, 7) is 0. The second kappa shape index (κ2) is 6.19. The Balaban J connectivity index is 3.55. The van der Waals surface area contributed by atoms with Crippen molar-refractivity contribution in [3.05, 3.63) is 29.3 Å². The zero-order chi connectivity index (χ0) is 20.1. The van der Waals surface area contributed by atoms with Gasteiger partial charge in [-0.15, -0.1) is 0 Å². The van der Waals surface area contributed by atoms with Gasteiger partial charge in [0.05, 0.1) is 0 Å². The first-order chi connectivity index (χ1) is 11.7. The van der Waals surface area contributed by atoms with Crippen LogP contribution in [0.3, 0.4) is 0 Å². The van der Waals surface area contributed by atoms with E-state index in [0.717, 1.165) is 12.1 Å². The first-order valence-electron chi connectivity index (χ1n) is 6.20. The Hall–Kier alpha value is -2.23. The summed E-state index contributed by atoms with van der Waals surface area (Å²) in [5.41, 5.74) is -1.89. The van der Waals surface area contributed by atoms with Crippen LogP contribution < -0.4 is 0 Å². The van der Waals surface area contributed by atoms with Crippen LogP contribution in [-0.4, -0.2) is 51.5 Å². The number of fused-ring (bicyclic) bond motifs is 1. The molecule has 0 aliphatic carbocycles. The fraction of sp³-hybridized carbons (Fsp3) is 0. The zero-order valence-electron chi connectivity index (χ0n) is 12.2. The number of aldehydes is 2. The molecule has 0 aliphatic heterocycles. The smallest absolute Gasteiger partial charge is 0.296 e. The molecule has 0 radical (unpaired) electrons. The van der Waals surface area contributed by atoms with Crippen molar-refractivity contribution in [1.29, 1.82) is 0 Å². The average molecular weight is 424 g/mol. The molecule has 11 nitrogen and oxygen atoms in total. The molecule has 2 rings (SSSR count). The fourth-order valence-electron chi connectivity index (χ4n) is 2.45. The molecule has 0 fully saturated rings. The van der Waals surface area contributed by atoms with Crippen LogP contribution in [0.5, 0.6) is 0 Å². The number of rotatable bonds is 5. The molecular formula is C12H8O11S3. The normalized spacial score (nSPS) is 12.9. The molecule has 0 atom stereocenters. The van der Waals surface area contributed by atoms with Gasteiger partial charge >= 0.3 is 0 Å². The van der Waals surface area contributed by atoms with Crippen LogP contribution in [0.4, 0.5) is 0 Å². The van der Waals surface area contributed by atoms with E-state index in [0.29, 0.717) is 6.07 Å². The van der Waals surface area contributed by atoms with Gasteiger partial charge in [-0.25, -0.2) is 0 Å². The highest BCUT2D eigenvalue weighted by Crippen LogP contribution is 2.38. The van der Waals surface area contributed by atoms with Gasteiger partial charge in [0.25, 0.3) is 30.4 Å². The second-order valence-electron chi connectivity index (χ2n) is 4.83. The maximum atomic E-state index is 11.8. The molecule has 0 heterocycles. The fourth-order valence-corrected chi connectivity index (χ4v) is 5.47. The van der Waals surface area contributed by atoms with Crippen LogP contribution in [-0.2, 0) is 30.4 Å². The van der Waals surface area contributed by atoms with E-state index >= 15 is 0 Å². The van der Waals surface area contributed by atoms with E-state index in [1.807, 2.05) is 0 Å². The SMILES string of the molecule is O=Cc1c(S(=O)(=O)O)c(S(=O)(=O)O)c2c(S(=O)(=O)O)cccc2c1C=O. The van der Waals surface area contributed by atoms with E-state index in [1.54, 1.807) is 0 Å². The number of carbonyl (C=O) groups is 2. The van der Waals surface area contributed by atoms with Crippen molar-refractivity contribution in [1.82, 2.24) is 0 Å². The Morgan fingerprint density at radius 1 is 0.692 bits per heavy atom. The first-order valence-corrected chi connectivity index (χ1v) is 10.5. The van der Waals surface area contributed by atoms with Crippen LogP contribution in [0, 0.1) is 0 Å². The Labute approximate surface area is 146 Å². The molecule has 0 aromatic heterocycles. The van der Waals surface area contributed by atoms with E-state index in [9.17, 15) is 48.5 Å². The third kappa shape index (κ3) is 3.25. The number of hydrogen-bond acceptors (Lipinski definition) is 8. The third-order valence-corrected chi connectivity index (χ3v) is 6.20. The molecular weight excluding hydrogens is 416 g/mol. The molecule has 26 heavy (non-hydrogen) atoms. The Bertz CT molecular complexity index is 1270. The molecule has 2 aromatic carbocycles. The standard InChI is InChI=1S/C12H8O11S3/c13-4-7-6-2-1-3-9(24(15,16)17)10(6)12(26(21,22)23)11(8(7)5-14)25(18,19)20/h1-5H,(H,15,16,17)(H,18,19,20)(H,21,22,23). The Kier molecular flexibility index (Phi) is 4.78. The van der Waals surface area contributed by atoms with Gasteiger partial charge < -0.3 is 0 Å². The molecule has 140 valence electrons. The van der Waals surface area contributed by atoms with E-state index in [1.165, 1.54) is 0 Å². The molecule has 0 spiro atoms. The predicted molar refractivity (Wildman–Crippen MR) is 84.2 cm³/mol. The molecule has 0 bridgehead atoms. The van der Waals surface area contributed by atoms with Crippen molar-refractivity contribution in [3.8, 4) is 0 Å². The van der Waals surface area contributed by atoms with Gasteiger partial charge in [-0.05, 0) is 11.5 Å². The van der Waals surface area contributed by atoms with Gasteiger partial charge in [-0.2, -0.15) is 25.3 Å². The summed E-state index contributed by atoms with van der Waals surface area (Å²) < 4.78 is 98.0. The first kappa shape index (κ1) is 20.1. The predicted octanol–water partition coefficient (Wildman–Crippen LogP) is 0.205. The zero-order valence-corrected chi connectivity index (χ0v) is 14.7. The number of hydrogen-bond donors (Lipinski definition) is 3. The molecule has 0 aliphatic rings.